The van der Waals surface area contributed by atoms with Gasteiger partial charge in [0.2, 0.25) is 0 Å². The molecule has 0 unspecified atom stereocenters. The molecule has 5 nitrogen and oxygen atoms in total. The van der Waals surface area contributed by atoms with Crippen molar-refractivity contribution in [3.05, 3.63) is 82.8 Å². The van der Waals surface area contributed by atoms with Crippen LogP contribution in [0.1, 0.15) is 28.6 Å². The number of amides is 1. The summed E-state index contributed by atoms with van der Waals surface area (Å²) < 4.78 is 16.4. The zero-order chi connectivity index (χ0) is 19.9. The molecule has 0 saturated carbocycles. The van der Waals surface area contributed by atoms with Gasteiger partial charge in [0, 0.05) is 12.1 Å². The van der Waals surface area contributed by atoms with Crippen LogP contribution in [-0.2, 0) is 13.1 Å². The molecule has 2 aromatic carbocycles. The average molecular weight is 400 g/mol. The second-order valence-corrected chi connectivity index (χ2v) is 6.56. The van der Waals surface area contributed by atoms with Crippen molar-refractivity contribution in [3.8, 4) is 11.5 Å². The second-order valence-electron chi connectivity index (χ2n) is 6.15. The molecule has 0 aliphatic rings. The van der Waals surface area contributed by atoms with E-state index in [0.29, 0.717) is 47.5 Å². The van der Waals surface area contributed by atoms with Gasteiger partial charge in [-0.1, -0.05) is 41.9 Å². The predicted molar refractivity (Wildman–Crippen MR) is 108 cm³/mol. The molecule has 0 N–H and O–H groups in total. The van der Waals surface area contributed by atoms with Gasteiger partial charge >= 0.3 is 0 Å². The van der Waals surface area contributed by atoms with Crippen molar-refractivity contribution in [1.29, 1.82) is 0 Å². The number of halogens is 1. The normalized spacial score (nSPS) is 10.5. The Kier molecular flexibility index (Phi) is 6.61. The van der Waals surface area contributed by atoms with Gasteiger partial charge in [0.15, 0.2) is 11.5 Å². The van der Waals surface area contributed by atoms with E-state index < -0.39 is 0 Å². The molecule has 28 heavy (non-hydrogen) atoms. The van der Waals surface area contributed by atoms with Gasteiger partial charge in [0.25, 0.3) is 5.91 Å². The minimum absolute atomic E-state index is 0.177. The minimum atomic E-state index is -0.177. The Morgan fingerprint density at radius 1 is 1.11 bits per heavy atom. The summed E-state index contributed by atoms with van der Waals surface area (Å²) in [7, 11) is 1.52. The maximum Gasteiger partial charge on any atom is 0.254 e. The smallest absolute Gasteiger partial charge is 0.254 e. The third kappa shape index (κ3) is 4.67. The lowest BCUT2D eigenvalue weighted by Crippen LogP contribution is -2.30. The van der Waals surface area contributed by atoms with E-state index in [4.69, 9.17) is 25.5 Å². The fraction of sp³-hybridized carbons (Fsp3) is 0.227. The van der Waals surface area contributed by atoms with E-state index in [1.807, 2.05) is 43.3 Å². The van der Waals surface area contributed by atoms with Crippen molar-refractivity contribution >= 4 is 17.5 Å². The second kappa shape index (κ2) is 9.33. The van der Waals surface area contributed by atoms with Gasteiger partial charge in [-0.15, -0.1) is 0 Å². The molecule has 0 radical (unpaired) electrons. The molecule has 0 atom stereocenters. The van der Waals surface area contributed by atoms with Gasteiger partial charge < -0.3 is 18.8 Å². The summed E-state index contributed by atoms with van der Waals surface area (Å²) in [6.07, 6.45) is 1.59. The molecule has 1 heterocycles. The molecular weight excluding hydrogens is 378 g/mol. The number of carbonyl (C=O) groups is 1. The number of ether oxygens (including phenoxy) is 2. The van der Waals surface area contributed by atoms with Crippen LogP contribution in [-0.4, -0.2) is 24.5 Å². The van der Waals surface area contributed by atoms with E-state index in [1.165, 1.54) is 7.11 Å². The zero-order valence-electron chi connectivity index (χ0n) is 15.9. The average Bonchev–Trinajstić information content (AvgIpc) is 3.22. The van der Waals surface area contributed by atoms with Crippen LogP contribution >= 0.6 is 11.6 Å². The Hall–Kier alpha value is -2.92. The van der Waals surface area contributed by atoms with Gasteiger partial charge in [-0.3, -0.25) is 4.79 Å². The maximum absolute atomic E-state index is 13.3. The summed E-state index contributed by atoms with van der Waals surface area (Å²) in [5.74, 6) is 1.39. The van der Waals surface area contributed by atoms with E-state index in [-0.39, 0.29) is 5.91 Å². The van der Waals surface area contributed by atoms with Crippen molar-refractivity contribution in [1.82, 2.24) is 4.90 Å². The Morgan fingerprint density at radius 2 is 1.89 bits per heavy atom. The Morgan fingerprint density at radius 3 is 2.54 bits per heavy atom. The first-order chi connectivity index (χ1) is 13.6. The topological polar surface area (TPSA) is 51.9 Å². The summed E-state index contributed by atoms with van der Waals surface area (Å²) in [4.78, 5) is 15.0. The summed E-state index contributed by atoms with van der Waals surface area (Å²) >= 11 is 6.35. The zero-order valence-corrected chi connectivity index (χ0v) is 16.6. The Labute approximate surface area is 169 Å². The molecule has 1 amide bonds. The van der Waals surface area contributed by atoms with Gasteiger partial charge in [-0.2, -0.15) is 0 Å². The molecule has 0 bridgehead atoms. The lowest BCUT2D eigenvalue weighted by Gasteiger charge is -2.23. The van der Waals surface area contributed by atoms with Crippen molar-refractivity contribution in [2.45, 2.75) is 20.0 Å². The largest absolute Gasteiger partial charge is 0.493 e. The molecule has 0 aliphatic heterocycles. The molecule has 0 aliphatic carbocycles. The van der Waals surface area contributed by atoms with Crippen molar-refractivity contribution < 1.29 is 18.7 Å². The number of furan rings is 1. The van der Waals surface area contributed by atoms with E-state index >= 15 is 0 Å². The molecule has 6 heteroatoms. The Balaban J connectivity index is 1.92. The molecular formula is C22H22ClNO4. The molecule has 3 rings (SSSR count). The summed E-state index contributed by atoms with van der Waals surface area (Å²) in [6, 6.07) is 16.7. The van der Waals surface area contributed by atoms with Crippen LogP contribution in [0.4, 0.5) is 0 Å². The van der Waals surface area contributed by atoms with Crippen LogP contribution in [0.2, 0.25) is 5.02 Å². The number of nitrogens with zero attached hydrogens (tertiary/aromatic N) is 1. The monoisotopic (exact) mass is 399 g/mol. The molecule has 0 fully saturated rings. The van der Waals surface area contributed by atoms with Crippen molar-refractivity contribution in [2.75, 3.05) is 13.7 Å². The third-order valence-corrected chi connectivity index (χ3v) is 4.48. The summed E-state index contributed by atoms with van der Waals surface area (Å²) in [6.45, 7) is 3.09. The van der Waals surface area contributed by atoms with E-state index in [9.17, 15) is 4.79 Å². The molecule has 0 saturated heterocycles. The first-order valence-electron chi connectivity index (χ1n) is 8.98. The van der Waals surface area contributed by atoms with Gasteiger partial charge in [0.05, 0.1) is 31.5 Å². The number of hydrogen-bond donors (Lipinski definition) is 0. The van der Waals surface area contributed by atoms with Crippen LogP contribution in [0.25, 0.3) is 0 Å². The molecule has 146 valence electrons. The summed E-state index contributed by atoms with van der Waals surface area (Å²) in [5.41, 5.74) is 1.44. The molecule has 3 aromatic rings. The van der Waals surface area contributed by atoms with Gasteiger partial charge in [0.1, 0.15) is 5.76 Å². The Bertz CT molecular complexity index is 910. The number of rotatable bonds is 8. The van der Waals surface area contributed by atoms with Gasteiger partial charge in [-0.25, -0.2) is 0 Å². The lowest BCUT2D eigenvalue weighted by atomic mass is 10.1. The number of benzene rings is 2. The quantitative estimate of drug-likeness (QED) is 0.523. The van der Waals surface area contributed by atoms with Crippen LogP contribution in [0.15, 0.2) is 65.3 Å². The highest BCUT2D eigenvalue weighted by molar-refractivity contribution is 6.32. The van der Waals surface area contributed by atoms with Gasteiger partial charge in [-0.05, 0) is 36.8 Å². The van der Waals surface area contributed by atoms with Crippen LogP contribution < -0.4 is 9.47 Å². The van der Waals surface area contributed by atoms with Crippen LogP contribution in [0, 0.1) is 0 Å². The number of hydrogen-bond acceptors (Lipinski definition) is 4. The number of methoxy groups -OCH3 is 1. The van der Waals surface area contributed by atoms with Crippen molar-refractivity contribution in [2.24, 2.45) is 0 Å². The minimum Gasteiger partial charge on any atom is -0.493 e. The van der Waals surface area contributed by atoms with Crippen LogP contribution in [0.5, 0.6) is 11.5 Å². The maximum atomic E-state index is 13.3. The SMILES string of the molecule is CCOc1c(Cl)cc(C(=O)N(Cc2ccccc2)Cc2ccco2)cc1OC. The highest BCUT2D eigenvalue weighted by Gasteiger charge is 2.21. The van der Waals surface area contributed by atoms with E-state index in [2.05, 4.69) is 0 Å². The highest BCUT2D eigenvalue weighted by Crippen LogP contribution is 2.37. The number of carbonyl (C=O) groups excluding carboxylic acids is 1. The standard InChI is InChI=1S/C22H22ClNO4/c1-3-27-21-19(23)12-17(13-20(21)26-2)22(25)24(15-18-10-7-11-28-18)14-16-8-5-4-6-9-16/h4-13H,3,14-15H2,1-2H3. The fourth-order valence-corrected chi connectivity index (χ4v) is 3.17. The third-order valence-electron chi connectivity index (χ3n) is 4.20. The van der Waals surface area contributed by atoms with Crippen LogP contribution in [0.3, 0.4) is 0 Å². The van der Waals surface area contributed by atoms with Crippen molar-refractivity contribution in [3.63, 3.8) is 0 Å². The lowest BCUT2D eigenvalue weighted by molar-refractivity contribution is 0.0717. The predicted octanol–water partition coefficient (Wildman–Crippen LogP) is 5.18. The first-order valence-corrected chi connectivity index (χ1v) is 9.36. The van der Waals surface area contributed by atoms with E-state index in [0.717, 1.165) is 5.56 Å². The molecule has 0 spiro atoms. The first kappa shape index (κ1) is 19.8. The fourth-order valence-electron chi connectivity index (χ4n) is 2.90. The van der Waals surface area contributed by atoms with E-state index in [1.54, 1.807) is 29.4 Å². The highest BCUT2D eigenvalue weighted by atomic mass is 35.5. The summed E-state index contributed by atoms with van der Waals surface area (Å²) in [5, 5.41) is 0.335. The molecule has 1 aromatic heterocycles.